The minimum Gasteiger partial charge on any atom is -0.387 e. The molecule has 2 unspecified atom stereocenters. The number of nitrogens with one attached hydrogen (secondary N) is 2. The van der Waals surface area contributed by atoms with Crippen molar-refractivity contribution in [3.8, 4) is 0 Å². The summed E-state index contributed by atoms with van der Waals surface area (Å²) >= 11 is 6.22. The number of fused-ring (bicyclic) bond motifs is 2. The van der Waals surface area contributed by atoms with Crippen molar-refractivity contribution in [2.24, 2.45) is 17.6 Å². The van der Waals surface area contributed by atoms with Gasteiger partial charge in [-0.25, -0.2) is 21.6 Å². The van der Waals surface area contributed by atoms with Gasteiger partial charge in [-0.1, -0.05) is 11.6 Å². The van der Waals surface area contributed by atoms with Crippen LogP contribution >= 0.6 is 11.6 Å². The maximum Gasteiger partial charge on any atom is 0.255 e. The highest BCUT2D eigenvalue weighted by Gasteiger charge is 2.55. The number of carbonyl (C=O) groups excluding carboxylic acids is 2. The number of sulfone groups is 1. The Morgan fingerprint density at radius 2 is 1.71 bits per heavy atom. The van der Waals surface area contributed by atoms with Gasteiger partial charge in [0, 0.05) is 29.9 Å². The molecule has 2 saturated carbocycles. The smallest absolute Gasteiger partial charge is 0.255 e. The molecule has 2 aromatic carbocycles. The number of benzene rings is 2. The zero-order chi connectivity index (χ0) is 28.0. The predicted octanol–water partition coefficient (Wildman–Crippen LogP) is 3.17. The van der Waals surface area contributed by atoms with Gasteiger partial charge in [0.2, 0.25) is 5.91 Å². The number of halogens is 4. The third-order valence-corrected chi connectivity index (χ3v) is 10.2. The molecule has 2 amide bonds. The largest absolute Gasteiger partial charge is 0.387 e. The minimum atomic E-state index is -4.06. The third-order valence-electron chi connectivity index (χ3n) is 7.51. The highest BCUT2D eigenvalue weighted by Crippen LogP contribution is 2.52. The first-order valence-corrected chi connectivity index (χ1v) is 13.9. The van der Waals surface area contributed by atoms with Crippen molar-refractivity contribution in [3.05, 3.63) is 58.4 Å². The van der Waals surface area contributed by atoms with Gasteiger partial charge in [0.05, 0.1) is 26.8 Å². The Hall–Kier alpha value is -2.67. The lowest BCUT2D eigenvalue weighted by Crippen LogP contribution is -2.56. The fourth-order valence-electron chi connectivity index (χ4n) is 5.42. The summed E-state index contributed by atoms with van der Waals surface area (Å²) in [5.74, 6) is -6.75. The number of hydrogen-bond donors (Lipinski definition) is 4. The molecule has 206 valence electrons. The van der Waals surface area contributed by atoms with Crippen LogP contribution in [-0.4, -0.2) is 48.8 Å². The van der Waals surface area contributed by atoms with E-state index in [4.69, 9.17) is 17.3 Å². The van der Waals surface area contributed by atoms with Gasteiger partial charge in [0.15, 0.2) is 27.3 Å². The first kappa shape index (κ1) is 28.3. The molecule has 38 heavy (non-hydrogen) atoms. The molecule has 2 aliphatic carbocycles. The van der Waals surface area contributed by atoms with Crippen LogP contribution < -0.4 is 16.4 Å². The van der Waals surface area contributed by atoms with Gasteiger partial charge in [0.1, 0.15) is 0 Å². The fourth-order valence-corrected chi connectivity index (χ4v) is 7.82. The molecule has 13 heteroatoms. The van der Waals surface area contributed by atoms with E-state index in [2.05, 4.69) is 10.6 Å². The summed E-state index contributed by atoms with van der Waals surface area (Å²) in [5.41, 5.74) is 3.81. The van der Waals surface area contributed by atoms with Gasteiger partial charge in [-0.15, -0.1) is 0 Å². The lowest BCUT2D eigenvalue weighted by molar-refractivity contribution is -0.125. The summed E-state index contributed by atoms with van der Waals surface area (Å²) in [6, 6.07) is 4.00. The predicted molar refractivity (Wildman–Crippen MR) is 134 cm³/mol. The van der Waals surface area contributed by atoms with E-state index >= 15 is 0 Å². The summed E-state index contributed by atoms with van der Waals surface area (Å²) in [4.78, 5) is 24.3. The van der Waals surface area contributed by atoms with Gasteiger partial charge in [-0.3, -0.25) is 9.59 Å². The molecule has 2 aromatic rings. The van der Waals surface area contributed by atoms with Crippen LogP contribution in [0.25, 0.3) is 0 Å². The highest BCUT2D eigenvalue weighted by molar-refractivity contribution is 7.92. The number of nitrogens with two attached hydrogens (primary N) is 1. The van der Waals surface area contributed by atoms with Gasteiger partial charge < -0.3 is 21.5 Å². The molecular formula is C25H27ClF3N3O5S. The Bertz CT molecular complexity index is 1350. The molecule has 0 spiro atoms. The summed E-state index contributed by atoms with van der Waals surface area (Å²) < 4.78 is 67.5. The van der Waals surface area contributed by atoms with Gasteiger partial charge >= 0.3 is 0 Å². The third kappa shape index (κ3) is 5.27. The topological polar surface area (TPSA) is 139 Å². The lowest BCUT2D eigenvalue weighted by Gasteiger charge is -2.42. The van der Waals surface area contributed by atoms with E-state index in [1.165, 1.54) is 19.1 Å². The maximum absolute atomic E-state index is 13.6. The zero-order valence-electron chi connectivity index (χ0n) is 20.3. The van der Waals surface area contributed by atoms with Crippen molar-refractivity contribution < 1.29 is 36.3 Å². The highest BCUT2D eigenvalue weighted by atomic mass is 35.5. The van der Waals surface area contributed by atoms with Crippen molar-refractivity contribution in [1.29, 1.82) is 0 Å². The quantitative estimate of drug-likeness (QED) is 0.375. The molecule has 5 N–H and O–H groups in total. The Morgan fingerprint density at radius 1 is 1.13 bits per heavy atom. The summed E-state index contributed by atoms with van der Waals surface area (Å²) in [6.07, 6.45) is 1.43. The number of amides is 2. The van der Waals surface area contributed by atoms with Crippen LogP contribution in [0.5, 0.6) is 0 Å². The van der Waals surface area contributed by atoms with Crippen molar-refractivity contribution in [3.63, 3.8) is 0 Å². The number of carbonyl (C=O) groups is 2. The summed E-state index contributed by atoms with van der Waals surface area (Å²) in [6.45, 7) is 1.49. The van der Waals surface area contributed by atoms with Crippen LogP contribution in [0.3, 0.4) is 0 Å². The SMILES string of the molecule is C[C@H](N)C(=O)NC[C@]1(O)C2CCC1C[C@@H](S(=O)(=O)c1cc(C(=O)Nc3cc(F)c(F)c(F)c3)ccc1Cl)C2. The van der Waals surface area contributed by atoms with Gasteiger partial charge in [0.25, 0.3) is 5.91 Å². The van der Waals surface area contributed by atoms with E-state index in [9.17, 15) is 36.3 Å². The number of anilines is 1. The minimum absolute atomic E-state index is 0.0313. The molecule has 0 saturated heterocycles. The second-order valence-corrected chi connectivity index (χ2v) is 12.6. The van der Waals surface area contributed by atoms with E-state index in [1.54, 1.807) is 0 Å². The van der Waals surface area contributed by atoms with Crippen molar-refractivity contribution in [2.75, 3.05) is 11.9 Å². The number of hydrogen-bond acceptors (Lipinski definition) is 6. The van der Waals surface area contributed by atoms with Crippen molar-refractivity contribution >= 4 is 38.9 Å². The van der Waals surface area contributed by atoms with E-state index in [0.29, 0.717) is 25.0 Å². The van der Waals surface area contributed by atoms with Crippen LogP contribution in [0, 0.1) is 29.3 Å². The molecule has 3 atom stereocenters. The molecule has 2 bridgehead atoms. The van der Waals surface area contributed by atoms with Crippen LogP contribution in [0.4, 0.5) is 18.9 Å². The first-order valence-electron chi connectivity index (χ1n) is 12.0. The normalized spacial score (nSPS) is 25.6. The summed E-state index contributed by atoms with van der Waals surface area (Å²) in [5, 5.41) is 15.2. The van der Waals surface area contributed by atoms with Crippen LogP contribution in [-0.2, 0) is 14.6 Å². The van der Waals surface area contributed by atoms with Crippen LogP contribution in [0.1, 0.15) is 43.0 Å². The van der Waals surface area contributed by atoms with E-state index in [0.717, 1.165) is 6.07 Å². The van der Waals surface area contributed by atoms with E-state index in [-0.39, 0.29) is 52.4 Å². The maximum atomic E-state index is 13.6. The Balaban J connectivity index is 1.54. The van der Waals surface area contributed by atoms with Crippen molar-refractivity contribution in [1.82, 2.24) is 5.32 Å². The molecule has 0 radical (unpaired) electrons. The van der Waals surface area contributed by atoms with E-state index < -0.39 is 56.0 Å². The average Bonchev–Trinajstić information content (AvgIpc) is 3.01. The second-order valence-electron chi connectivity index (χ2n) is 9.96. The molecule has 2 aliphatic rings. The number of rotatable bonds is 7. The average molecular weight is 574 g/mol. The fraction of sp³-hybridized carbons (Fsp3) is 0.440. The number of aliphatic hydroxyl groups is 1. The molecular weight excluding hydrogens is 547 g/mol. The van der Waals surface area contributed by atoms with Crippen LogP contribution in [0.15, 0.2) is 35.2 Å². The second kappa shape index (κ2) is 10.5. The zero-order valence-corrected chi connectivity index (χ0v) is 21.9. The molecule has 8 nitrogen and oxygen atoms in total. The van der Waals surface area contributed by atoms with Crippen LogP contribution in [0.2, 0.25) is 5.02 Å². The molecule has 0 heterocycles. The Kier molecular flexibility index (Phi) is 7.81. The molecule has 4 rings (SSSR count). The molecule has 0 aromatic heterocycles. The lowest BCUT2D eigenvalue weighted by atomic mass is 9.74. The standard InChI is InChI=1S/C25H27ClF3N3O5S/c1-12(30)23(33)31-11-25(35)14-3-4-15(25)8-17(7-14)38(36,37)21-6-13(2-5-18(21)26)24(34)32-16-9-19(27)22(29)20(28)10-16/h2,5-6,9-10,12,14-15,17,35H,3-4,7-8,11,30H2,1H3,(H,31,33)(H,32,34)/t12-,14?,15?,17-,25-/m0/s1. The molecule has 0 aliphatic heterocycles. The Labute approximate surface area is 222 Å². The van der Waals surface area contributed by atoms with E-state index in [1.807, 2.05) is 0 Å². The first-order chi connectivity index (χ1) is 17.7. The van der Waals surface area contributed by atoms with Gasteiger partial charge in [-0.2, -0.15) is 0 Å². The van der Waals surface area contributed by atoms with Gasteiger partial charge in [-0.05, 0) is 62.6 Å². The molecule has 2 fully saturated rings. The van der Waals surface area contributed by atoms with Crippen molar-refractivity contribution in [2.45, 2.75) is 54.4 Å². The monoisotopic (exact) mass is 573 g/mol. The Morgan fingerprint density at radius 3 is 2.26 bits per heavy atom. The summed E-state index contributed by atoms with van der Waals surface area (Å²) in [7, 11) is -4.06.